The summed E-state index contributed by atoms with van der Waals surface area (Å²) in [7, 11) is 0. The van der Waals surface area contributed by atoms with Gasteiger partial charge in [0.15, 0.2) is 0 Å². The number of fused-ring (bicyclic) bond motifs is 1. The van der Waals surface area contributed by atoms with Crippen molar-refractivity contribution in [1.82, 2.24) is 14.5 Å². The molecule has 0 aliphatic rings. The van der Waals surface area contributed by atoms with Gasteiger partial charge < -0.3 is 15.2 Å². The molecule has 1 amide bonds. The Morgan fingerprint density at radius 2 is 1.86 bits per heavy atom. The monoisotopic (exact) mass is 457 g/mol. The molecule has 0 aliphatic heterocycles. The number of hydrogen-bond acceptors (Lipinski definition) is 4. The fourth-order valence-electron chi connectivity index (χ4n) is 3.06. The molecule has 0 saturated heterocycles. The lowest BCUT2D eigenvalue weighted by atomic mass is 10.2. The molecule has 0 atom stereocenters. The molecule has 1 heterocycles. The van der Waals surface area contributed by atoms with E-state index in [9.17, 15) is 4.79 Å². The number of nitrogens with one attached hydrogen (secondary N) is 1. The molecule has 0 saturated carbocycles. The maximum atomic E-state index is 12.7. The van der Waals surface area contributed by atoms with Crippen molar-refractivity contribution in [2.24, 2.45) is 0 Å². The fraction of sp³-hybridized carbons (Fsp3) is 0.300. The number of nitrogens with two attached hydrogens (primary N) is 1. The van der Waals surface area contributed by atoms with Crippen LogP contribution in [0, 0.1) is 0 Å². The average Bonchev–Trinajstić information content (AvgIpc) is 2.99. The number of benzene rings is 2. The Morgan fingerprint density at radius 1 is 1.17 bits per heavy atom. The minimum absolute atomic E-state index is 0. The Labute approximate surface area is 188 Å². The molecule has 0 fully saturated rings. The van der Waals surface area contributed by atoms with Crippen molar-refractivity contribution in [3.05, 3.63) is 53.1 Å². The van der Waals surface area contributed by atoms with E-state index < -0.39 is 0 Å². The third-order valence-electron chi connectivity index (χ3n) is 4.65. The molecule has 158 valence electrons. The van der Waals surface area contributed by atoms with Gasteiger partial charge in [0.05, 0.1) is 21.6 Å². The van der Waals surface area contributed by atoms with Gasteiger partial charge in [-0.15, -0.1) is 24.8 Å². The molecular weight excluding hydrogens is 433 g/mol. The summed E-state index contributed by atoms with van der Waals surface area (Å²) in [5, 5.41) is 3.22. The van der Waals surface area contributed by atoms with Crippen LogP contribution in [-0.2, 0) is 6.54 Å². The molecule has 6 nitrogen and oxygen atoms in total. The minimum atomic E-state index is -0.306. The highest BCUT2D eigenvalue weighted by Crippen LogP contribution is 2.23. The maximum absolute atomic E-state index is 12.7. The van der Waals surface area contributed by atoms with Crippen LogP contribution in [-0.4, -0.2) is 40.0 Å². The van der Waals surface area contributed by atoms with Gasteiger partial charge in [-0.1, -0.05) is 37.6 Å². The van der Waals surface area contributed by atoms with E-state index in [0.717, 1.165) is 37.2 Å². The minimum Gasteiger partial charge on any atom is -0.399 e. The number of para-hydroxylation sites is 2. The number of aromatic nitrogens is 2. The highest BCUT2D eigenvalue weighted by atomic mass is 35.5. The maximum Gasteiger partial charge on any atom is 0.259 e. The summed E-state index contributed by atoms with van der Waals surface area (Å²) in [6.07, 6.45) is 0. The van der Waals surface area contributed by atoms with Crippen molar-refractivity contribution in [2.75, 3.05) is 30.7 Å². The summed E-state index contributed by atoms with van der Waals surface area (Å²) in [6, 6.07) is 12.7. The van der Waals surface area contributed by atoms with Gasteiger partial charge in [0, 0.05) is 18.8 Å². The normalized spacial score (nSPS) is 10.5. The van der Waals surface area contributed by atoms with Crippen LogP contribution in [0.1, 0.15) is 24.2 Å². The van der Waals surface area contributed by atoms with Gasteiger partial charge in [0.1, 0.15) is 0 Å². The summed E-state index contributed by atoms with van der Waals surface area (Å²) in [6.45, 7) is 7.84. The van der Waals surface area contributed by atoms with E-state index in [4.69, 9.17) is 17.3 Å². The fourth-order valence-corrected chi connectivity index (χ4v) is 3.34. The number of anilines is 2. The van der Waals surface area contributed by atoms with E-state index >= 15 is 0 Å². The third kappa shape index (κ3) is 5.76. The first-order valence-corrected chi connectivity index (χ1v) is 9.45. The molecule has 9 heteroatoms. The molecule has 0 aliphatic carbocycles. The molecule has 3 rings (SSSR count). The summed E-state index contributed by atoms with van der Waals surface area (Å²) in [5.74, 6) is 0.209. The largest absolute Gasteiger partial charge is 0.399 e. The Hall–Kier alpha value is -1.99. The Balaban J connectivity index is 0.00000210. The predicted molar refractivity (Wildman–Crippen MR) is 126 cm³/mol. The molecule has 1 aromatic heterocycles. The molecule has 3 aromatic rings. The number of nitrogen functional groups attached to an aromatic ring is 1. The second-order valence-electron chi connectivity index (χ2n) is 6.30. The number of likely N-dealkylation sites (N-methyl/N-ethyl adjacent to an activating group) is 1. The first-order valence-electron chi connectivity index (χ1n) is 9.07. The number of rotatable bonds is 7. The molecule has 0 radical (unpaired) electrons. The van der Waals surface area contributed by atoms with Crippen LogP contribution in [0.3, 0.4) is 0 Å². The van der Waals surface area contributed by atoms with Crippen molar-refractivity contribution in [1.29, 1.82) is 0 Å². The van der Waals surface area contributed by atoms with Crippen LogP contribution < -0.4 is 11.1 Å². The van der Waals surface area contributed by atoms with Gasteiger partial charge in [0.2, 0.25) is 5.95 Å². The Bertz CT molecular complexity index is 956. The Kier molecular flexibility index (Phi) is 9.73. The average molecular weight is 459 g/mol. The third-order valence-corrected chi connectivity index (χ3v) is 4.96. The van der Waals surface area contributed by atoms with Gasteiger partial charge >= 0.3 is 0 Å². The first-order chi connectivity index (χ1) is 13.0. The van der Waals surface area contributed by atoms with Gasteiger partial charge in [0.25, 0.3) is 5.91 Å². The number of amides is 1. The van der Waals surface area contributed by atoms with Gasteiger partial charge in [-0.3, -0.25) is 10.1 Å². The molecule has 3 N–H and O–H groups in total. The van der Waals surface area contributed by atoms with E-state index in [-0.39, 0.29) is 30.7 Å². The zero-order chi connectivity index (χ0) is 19.4. The number of halogens is 3. The number of imidazole rings is 1. The quantitative estimate of drug-likeness (QED) is 0.503. The van der Waals surface area contributed by atoms with Crippen molar-refractivity contribution in [3.8, 4) is 0 Å². The van der Waals surface area contributed by atoms with Crippen molar-refractivity contribution in [2.45, 2.75) is 20.4 Å². The predicted octanol–water partition coefficient (Wildman–Crippen LogP) is 4.71. The van der Waals surface area contributed by atoms with Crippen molar-refractivity contribution in [3.63, 3.8) is 0 Å². The molecule has 0 spiro atoms. The molecule has 0 unspecified atom stereocenters. The highest BCUT2D eigenvalue weighted by molar-refractivity contribution is 6.34. The molecule has 2 aromatic carbocycles. The number of nitrogens with zero attached hydrogens (tertiary/aromatic N) is 3. The zero-order valence-corrected chi connectivity index (χ0v) is 18.8. The van der Waals surface area contributed by atoms with Crippen LogP contribution >= 0.6 is 36.4 Å². The highest BCUT2D eigenvalue weighted by Gasteiger charge is 2.16. The van der Waals surface area contributed by atoms with Gasteiger partial charge in [-0.25, -0.2) is 4.98 Å². The summed E-state index contributed by atoms with van der Waals surface area (Å²) >= 11 is 6.17. The zero-order valence-electron chi connectivity index (χ0n) is 16.4. The molecule has 29 heavy (non-hydrogen) atoms. The standard InChI is InChI=1S/C20H24ClN5O.2ClH/c1-3-25(4-2)11-12-26-18-8-6-5-7-17(18)23-20(26)24-19(27)15-10-9-14(22)13-16(15)21;;/h5-10,13H,3-4,11-12,22H2,1-2H3,(H,23,24,27);2*1H. The topological polar surface area (TPSA) is 76.2 Å². The number of hydrogen-bond donors (Lipinski definition) is 2. The van der Waals surface area contributed by atoms with E-state index in [1.165, 1.54) is 0 Å². The summed E-state index contributed by atoms with van der Waals surface area (Å²) in [4.78, 5) is 19.7. The molecular formula is C20H26Cl3N5O. The van der Waals surface area contributed by atoms with E-state index in [1.807, 2.05) is 28.8 Å². The number of carbonyl (C=O) groups is 1. The van der Waals surface area contributed by atoms with Crippen LogP contribution in [0.15, 0.2) is 42.5 Å². The van der Waals surface area contributed by atoms with Gasteiger partial charge in [-0.05, 0) is 43.4 Å². The summed E-state index contributed by atoms with van der Waals surface area (Å²) in [5.41, 5.74) is 8.43. The summed E-state index contributed by atoms with van der Waals surface area (Å²) < 4.78 is 2.04. The van der Waals surface area contributed by atoms with Gasteiger partial charge in [-0.2, -0.15) is 0 Å². The second kappa shape index (κ2) is 11.3. The first kappa shape index (κ1) is 25.0. The van der Waals surface area contributed by atoms with Crippen LogP contribution in [0.25, 0.3) is 11.0 Å². The van der Waals surface area contributed by atoms with E-state index in [1.54, 1.807) is 18.2 Å². The Morgan fingerprint density at radius 3 is 2.52 bits per heavy atom. The SMILES string of the molecule is CCN(CC)CCn1c(NC(=O)c2ccc(N)cc2Cl)nc2ccccc21.Cl.Cl. The number of carbonyl (C=O) groups excluding carboxylic acids is 1. The van der Waals surface area contributed by atoms with Crippen LogP contribution in [0.4, 0.5) is 11.6 Å². The lowest BCUT2D eigenvalue weighted by Gasteiger charge is -2.19. The smallest absolute Gasteiger partial charge is 0.259 e. The van der Waals surface area contributed by atoms with E-state index in [2.05, 4.69) is 29.0 Å². The lowest BCUT2D eigenvalue weighted by molar-refractivity contribution is 0.102. The van der Waals surface area contributed by atoms with Crippen molar-refractivity contribution < 1.29 is 4.79 Å². The van der Waals surface area contributed by atoms with Crippen LogP contribution in [0.5, 0.6) is 0 Å². The van der Waals surface area contributed by atoms with Crippen LogP contribution in [0.2, 0.25) is 5.02 Å². The van der Waals surface area contributed by atoms with E-state index in [0.29, 0.717) is 22.2 Å². The molecule has 0 bridgehead atoms. The van der Waals surface area contributed by atoms with Crippen molar-refractivity contribution >= 4 is 65.0 Å². The lowest BCUT2D eigenvalue weighted by Crippen LogP contribution is -2.27. The second-order valence-corrected chi connectivity index (χ2v) is 6.70.